The van der Waals surface area contributed by atoms with E-state index in [1.807, 2.05) is 70.5 Å². The molecule has 17 nitrogen and oxygen atoms in total. The van der Waals surface area contributed by atoms with Crippen molar-refractivity contribution in [3.05, 3.63) is 201 Å². The van der Waals surface area contributed by atoms with Crippen LogP contribution in [0.1, 0.15) is 77.3 Å². The number of morpholine rings is 1. The fourth-order valence-corrected chi connectivity index (χ4v) is 11.7. The molecule has 17 heteroatoms. The first-order valence-corrected chi connectivity index (χ1v) is 25.5. The Bertz CT molecular complexity index is 3270. The molecule has 1 aliphatic carbocycles. The standard InChI is InChI=1S/C59H53N7O10/c67-35-36-74-48-20-11-10-19-45(48)53-59(46-37-40(22-21-39-13-4-1-5-14-39)25-28-47(46)64(56(59)70)58(71)75-38-41-23-26-44(27-24-41)66(72)73)49(54(68)62-31-33-63(34-32-62)57-60-29-12-30-61-57)51-55(69)76-52(43-17-8-3-9-18-43)50(65(51)53)42-15-6-2-7-16-42/h2-3,6-13,15-20,23-30,37,49-53,67H,1,4-5,14,31-36,38H2/t49-,50-,51-,52+,53+,59-/m1/s1. The maximum atomic E-state index is 16.9. The minimum absolute atomic E-state index is 0.118. The van der Waals surface area contributed by atoms with Gasteiger partial charge in [0, 0.05) is 61.8 Å². The summed E-state index contributed by atoms with van der Waals surface area (Å²) in [7, 11) is 0. The Morgan fingerprint density at radius 2 is 1.53 bits per heavy atom. The van der Waals surface area contributed by atoms with Crippen molar-refractivity contribution in [1.82, 2.24) is 19.8 Å². The summed E-state index contributed by atoms with van der Waals surface area (Å²) in [5.41, 5.74) is 1.78. The lowest BCUT2D eigenvalue weighted by Crippen LogP contribution is -2.59. The van der Waals surface area contributed by atoms with E-state index in [1.165, 1.54) is 24.3 Å². The van der Waals surface area contributed by atoms with E-state index in [2.05, 4.69) is 27.9 Å². The molecule has 5 aliphatic rings. The zero-order chi connectivity index (χ0) is 52.3. The van der Waals surface area contributed by atoms with Crippen molar-refractivity contribution >= 4 is 41.2 Å². The molecule has 6 aromatic rings. The monoisotopic (exact) mass is 1020 g/mol. The summed E-state index contributed by atoms with van der Waals surface area (Å²) in [6.45, 7) is 0.167. The van der Waals surface area contributed by atoms with Crippen molar-refractivity contribution in [2.75, 3.05) is 49.2 Å². The number of carbonyl (C=O) groups is 4. The average molecular weight is 1020 g/mol. The van der Waals surface area contributed by atoms with Gasteiger partial charge in [-0.2, -0.15) is 0 Å². The highest BCUT2D eigenvalue weighted by atomic mass is 16.6. The fraction of sp³-hybridized carbons (Fsp3) is 0.288. The van der Waals surface area contributed by atoms with Gasteiger partial charge in [0.2, 0.25) is 17.8 Å². The molecule has 0 radical (unpaired) electrons. The largest absolute Gasteiger partial charge is 0.491 e. The van der Waals surface area contributed by atoms with E-state index >= 15 is 19.2 Å². The third kappa shape index (κ3) is 8.98. The molecule has 3 amide bonds. The molecule has 0 unspecified atom stereocenters. The molecule has 6 atom stereocenters. The molecule has 11 rings (SSSR count). The first-order chi connectivity index (χ1) is 37.2. The van der Waals surface area contributed by atoms with Crippen LogP contribution >= 0.6 is 0 Å². The van der Waals surface area contributed by atoms with Gasteiger partial charge in [-0.15, -0.1) is 0 Å². The number of para-hydroxylation sites is 1. The van der Waals surface area contributed by atoms with E-state index in [9.17, 15) is 15.2 Å². The summed E-state index contributed by atoms with van der Waals surface area (Å²) in [4.78, 5) is 90.6. The highest BCUT2D eigenvalue weighted by molar-refractivity contribution is 6.23. The molecule has 3 fully saturated rings. The Hall–Kier alpha value is -8.72. The SMILES string of the molecule is O=C1O[C@@H](c2ccccc2)[C@@H](c2ccccc2)N2[C@@H](c3ccccc3OCCO)[C@]3(C(=O)N(C(=O)OCc4ccc([N+](=O)[O-])cc4)c4ccc(C#CC5=CCCCC5)cc43)[C@@H](C(=O)N3CCN(c4ncccn4)CC3)[C@H]12. The van der Waals surface area contributed by atoms with Crippen LogP contribution in [0.3, 0.4) is 0 Å². The van der Waals surface area contributed by atoms with Crippen LogP contribution < -0.4 is 14.5 Å². The van der Waals surface area contributed by atoms with Crippen molar-refractivity contribution in [2.45, 2.75) is 61.9 Å². The zero-order valence-corrected chi connectivity index (χ0v) is 41.4. The number of amides is 3. The van der Waals surface area contributed by atoms with Gasteiger partial charge in [0.15, 0.2) is 0 Å². The van der Waals surface area contributed by atoms with Crippen molar-refractivity contribution < 1.29 is 43.4 Å². The Morgan fingerprint density at radius 1 is 0.816 bits per heavy atom. The maximum absolute atomic E-state index is 16.9. The summed E-state index contributed by atoms with van der Waals surface area (Å²) in [6.07, 6.45) is 7.15. The zero-order valence-electron chi connectivity index (χ0n) is 41.4. The van der Waals surface area contributed by atoms with Crippen LogP contribution in [0.25, 0.3) is 0 Å². The fourth-order valence-electron chi connectivity index (χ4n) is 11.7. The number of imide groups is 1. The lowest BCUT2D eigenvalue weighted by Gasteiger charge is -2.46. The number of carbonyl (C=O) groups excluding carboxylic acids is 4. The second-order valence-electron chi connectivity index (χ2n) is 19.3. The Labute approximate surface area is 438 Å². The number of aromatic nitrogens is 2. The number of non-ortho nitro benzene ring substituents is 1. The molecule has 0 bridgehead atoms. The second kappa shape index (κ2) is 21.3. The number of esters is 1. The summed E-state index contributed by atoms with van der Waals surface area (Å²) < 4.78 is 19.0. The molecule has 5 heterocycles. The Kier molecular flexibility index (Phi) is 13.8. The van der Waals surface area contributed by atoms with E-state index in [-0.39, 0.29) is 55.6 Å². The van der Waals surface area contributed by atoms with Crippen molar-refractivity contribution in [1.29, 1.82) is 0 Å². The van der Waals surface area contributed by atoms with Gasteiger partial charge in [-0.25, -0.2) is 19.7 Å². The van der Waals surface area contributed by atoms with Crippen LogP contribution in [0.2, 0.25) is 0 Å². The molecule has 4 aliphatic heterocycles. The quantitative estimate of drug-likeness (QED) is 0.0568. The van der Waals surface area contributed by atoms with Crippen LogP contribution in [-0.2, 0) is 35.9 Å². The molecule has 1 N–H and O–H groups in total. The number of benzene rings is 5. The number of hydrogen-bond donors (Lipinski definition) is 1. The molecular weight excluding hydrogens is 967 g/mol. The molecular formula is C59H53N7O10. The third-order valence-electron chi connectivity index (χ3n) is 15.1. The number of anilines is 2. The highest BCUT2D eigenvalue weighted by Gasteiger charge is 2.76. The van der Waals surface area contributed by atoms with Gasteiger partial charge in [-0.1, -0.05) is 96.8 Å². The van der Waals surface area contributed by atoms with Crippen molar-refractivity contribution in [3.8, 4) is 17.6 Å². The predicted octanol–water partition coefficient (Wildman–Crippen LogP) is 7.96. The number of nitro groups is 1. The average Bonchev–Trinajstić information content (AvgIpc) is 4.15. The lowest BCUT2D eigenvalue weighted by molar-refractivity contribution is -0.384. The predicted molar refractivity (Wildman–Crippen MR) is 278 cm³/mol. The van der Waals surface area contributed by atoms with Crippen LogP contribution in [-0.4, -0.2) is 99.1 Å². The number of nitrogens with zero attached hydrogens (tertiary/aromatic N) is 7. The summed E-state index contributed by atoms with van der Waals surface area (Å²) in [6, 6.07) is 34.7. The first kappa shape index (κ1) is 49.5. The topological polar surface area (TPSA) is 198 Å². The molecule has 1 spiro atoms. The van der Waals surface area contributed by atoms with Crippen LogP contribution in [0.15, 0.2) is 158 Å². The van der Waals surface area contributed by atoms with Crippen LogP contribution in [0.4, 0.5) is 22.1 Å². The third-order valence-corrected chi connectivity index (χ3v) is 15.1. The van der Waals surface area contributed by atoms with Gasteiger partial charge < -0.3 is 29.1 Å². The van der Waals surface area contributed by atoms with E-state index in [0.29, 0.717) is 41.3 Å². The van der Waals surface area contributed by atoms with Gasteiger partial charge in [-0.05, 0) is 96.0 Å². The van der Waals surface area contributed by atoms with Crippen molar-refractivity contribution in [2.24, 2.45) is 5.92 Å². The van der Waals surface area contributed by atoms with E-state index in [0.717, 1.165) is 41.7 Å². The number of allylic oxidation sites excluding steroid dienone is 2. The molecule has 0 saturated carbocycles. The van der Waals surface area contributed by atoms with Crippen molar-refractivity contribution in [3.63, 3.8) is 0 Å². The number of aliphatic hydroxyl groups is 1. The number of nitro benzene ring substituents is 1. The first-order valence-electron chi connectivity index (χ1n) is 25.5. The molecule has 76 heavy (non-hydrogen) atoms. The van der Waals surface area contributed by atoms with Crippen LogP contribution in [0.5, 0.6) is 5.75 Å². The summed E-state index contributed by atoms with van der Waals surface area (Å²) >= 11 is 0. The van der Waals surface area contributed by atoms with Gasteiger partial charge in [0.05, 0.1) is 35.2 Å². The minimum Gasteiger partial charge on any atom is -0.491 e. The number of hydrogen-bond acceptors (Lipinski definition) is 14. The number of aliphatic hydroxyl groups excluding tert-OH is 1. The van der Waals surface area contributed by atoms with E-state index < -0.39 is 64.4 Å². The van der Waals surface area contributed by atoms with Crippen LogP contribution in [0, 0.1) is 27.9 Å². The summed E-state index contributed by atoms with van der Waals surface area (Å²) in [5, 5.41) is 21.7. The Balaban J connectivity index is 1.16. The molecule has 1 aromatic heterocycles. The lowest BCUT2D eigenvalue weighted by atomic mass is 9.64. The molecule has 384 valence electrons. The van der Waals surface area contributed by atoms with Gasteiger partial charge in [0.1, 0.15) is 36.5 Å². The summed E-state index contributed by atoms with van der Waals surface area (Å²) in [5.74, 6) is 3.79. The van der Waals surface area contributed by atoms with E-state index in [1.54, 1.807) is 65.8 Å². The van der Waals surface area contributed by atoms with E-state index in [4.69, 9.17) is 14.2 Å². The molecule has 3 saturated heterocycles. The number of ether oxygens (including phenoxy) is 3. The highest BCUT2D eigenvalue weighted by Crippen LogP contribution is 2.67. The Morgan fingerprint density at radius 3 is 2.22 bits per heavy atom. The number of piperazine rings is 1. The van der Waals surface area contributed by atoms with Gasteiger partial charge >= 0.3 is 12.1 Å². The number of cyclic esters (lactones) is 1. The van der Waals surface area contributed by atoms with Gasteiger partial charge in [-0.3, -0.25) is 29.4 Å². The number of rotatable bonds is 11. The second-order valence-corrected chi connectivity index (χ2v) is 19.3. The minimum atomic E-state index is -2.14. The normalized spacial score (nSPS) is 22.9. The maximum Gasteiger partial charge on any atom is 0.421 e. The van der Waals surface area contributed by atoms with Gasteiger partial charge in [0.25, 0.3) is 5.69 Å². The number of fused-ring (bicyclic) bond motifs is 3. The molecule has 5 aromatic carbocycles. The smallest absolute Gasteiger partial charge is 0.421 e.